The van der Waals surface area contributed by atoms with Gasteiger partial charge < -0.3 is 0 Å². The van der Waals surface area contributed by atoms with Gasteiger partial charge in [0.05, 0.1) is 0 Å². The Labute approximate surface area is 306 Å². The molecule has 0 radical (unpaired) electrons. The van der Waals surface area contributed by atoms with E-state index in [0.29, 0.717) is 0 Å². The van der Waals surface area contributed by atoms with Crippen molar-refractivity contribution in [1.82, 2.24) is 0 Å². The summed E-state index contributed by atoms with van der Waals surface area (Å²) >= 11 is 0.156. The monoisotopic (exact) mass is 726 g/mol. The zero-order valence-corrected chi connectivity index (χ0v) is 29.9. The summed E-state index contributed by atoms with van der Waals surface area (Å²) in [6.45, 7) is 0. The molecule has 2 heteroatoms. The van der Waals surface area contributed by atoms with Gasteiger partial charge >= 0.3 is 308 Å². The van der Waals surface area contributed by atoms with Gasteiger partial charge in [0.25, 0.3) is 0 Å². The van der Waals surface area contributed by atoms with Crippen LogP contribution < -0.4 is 0 Å². The Bertz CT molecular complexity index is 3050. The number of benzene rings is 9. The molecule has 0 aliphatic carbocycles. The molecule has 11 rings (SSSR count). The van der Waals surface area contributed by atoms with Crippen LogP contribution in [0.1, 0.15) is 0 Å². The summed E-state index contributed by atoms with van der Waals surface area (Å²) in [5.74, 6) is 0.901. The molecule has 0 amide bonds. The fourth-order valence-corrected chi connectivity index (χ4v) is 11.1. The van der Waals surface area contributed by atoms with Gasteiger partial charge in [-0.15, -0.1) is 0 Å². The van der Waals surface area contributed by atoms with Gasteiger partial charge in [-0.25, -0.2) is 0 Å². The van der Waals surface area contributed by atoms with Crippen molar-refractivity contribution in [2.45, 2.75) is 0 Å². The minimum atomic E-state index is 0.156. The molecule has 0 N–H and O–H groups in total. The van der Waals surface area contributed by atoms with Crippen molar-refractivity contribution in [2.75, 3.05) is 0 Å². The Hall–Kier alpha value is -6.18. The number of furan rings is 1. The first-order valence-electron chi connectivity index (χ1n) is 17.8. The third-order valence-corrected chi connectivity index (χ3v) is 13.3. The number of hydrogen-bond donors (Lipinski definition) is 0. The van der Waals surface area contributed by atoms with Crippen LogP contribution in [0.15, 0.2) is 187 Å². The maximum atomic E-state index is 6.03. The van der Waals surface area contributed by atoms with E-state index in [9.17, 15) is 0 Å². The molecule has 0 bridgehead atoms. The van der Waals surface area contributed by atoms with Crippen molar-refractivity contribution in [2.24, 2.45) is 0 Å². The van der Waals surface area contributed by atoms with Gasteiger partial charge in [0.15, 0.2) is 0 Å². The van der Waals surface area contributed by atoms with Crippen molar-refractivity contribution >= 4 is 76.9 Å². The van der Waals surface area contributed by atoms with Gasteiger partial charge in [-0.05, 0) is 0 Å². The average molecular weight is 726 g/mol. The molecule has 242 valence electrons. The molecular weight excluding hydrogens is 696 g/mol. The molecule has 9 aromatic carbocycles. The standard InChI is InChI=1S/C50H30OSe/c1-2-14-31(15-3-1)46-33-16-4-6-18-35(33)47(36-19-7-5-17-34(36)46)32-27-28-45-43(30-32)41-24-12-25-42(50(41)52-45)48-37-20-8-10-22-39(37)49(44-26-13-29-51-44)40-23-11-9-21-38(40)48/h1-30H. The van der Waals surface area contributed by atoms with E-state index in [1.165, 1.54) is 95.8 Å². The minimum absolute atomic E-state index is 0.156. The molecule has 1 nitrogen and oxygen atoms in total. The Kier molecular flexibility index (Phi) is 6.64. The maximum absolute atomic E-state index is 6.03. The van der Waals surface area contributed by atoms with Crippen LogP contribution in [0.2, 0.25) is 0 Å². The second-order valence-corrected chi connectivity index (χ2v) is 15.7. The van der Waals surface area contributed by atoms with Crippen molar-refractivity contribution in [3.05, 3.63) is 182 Å². The molecule has 11 aromatic rings. The molecule has 0 aliphatic rings. The number of fused-ring (bicyclic) bond motifs is 7. The summed E-state index contributed by atoms with van der Waals surface area (Å²) in [5, 5.41) is 12.8. The van der Waals surface area contributed by atoms with Gasteiger partial charge in [-0.2, -0.15) is 0 Å². The van der Waals surface area contributed by atoms with E-state index >= 15 is 0 Å². The van der Waals surface area contributed by atoms with Crippen LogP contribution in [0.5, 0.6) is 0 Å². The molecular formula is C50H30OSe. The molecule has 0 aliphatic heterocycles. The van der Waals surface area contributed by atoms with Gasteiger partial charge in [0, 0.05) is 0 Å². The SMILES string of the molecule is c1ccc(-c2c3ccccc3c(-c3ccc4[se]c5c(-c6c7ccccc7c(-c7ccco7)c7ccccc67)cccc5c4c3)c3ccccc23)cc1. The third kappa shape index (κ3) is 4.36. The van der Waals surface area contributed by atoms with Gasteiger partial charge in [0.1, 0.15) is 0 Å². The Morgan fingerprint density at radius 2 is 0.827 bits per heavy atom. The quantitative estimate of drug-likeness (QED) is 0.130. The predicted octanol–water partition coefficient (Wildman–Crippen LogP) is 13.9. The molecule has 0 atom stereocenters. The van der Waals surface area contributed by atoms with Crippen LogP contribution >= 0.6 is 0 Å². The summed E-state index contributed by atoms with van der Waals surface area (Å²) in [6.07, 6.45) is 1.77. The van der Waals surface area contributed by atoms with Crippen LogP contribution in [0.4, 0.5) is 0 Å². The topological polar surface area (TPSA) is 13.1 Å². The Morgan fingerprint density at radius 3 is 1.38 bits per heavy atom. The predicted molar refractivity (Wildman–Crippen MR) is 222 cm³/mol. The van der Waals surface area contributed by atoms with Gasteiger partial charge in [-0.1, -0.05) is 0 Å². The number of rotatable bonds is 4. The van der Waals surface area contributed by atoms with Crippen LogP contribution in [0.3, 0.4) is 0 Å². The van der Waals surface area contributed by atoms with Gasteiger partial charge in [0.2, 0.25) is 0 Å². The van der Waals surface area contributed by atoms with E-state index in [2.05, 4.69) is 170 Å². The fourth-order valence-electron chi connectivity index (χ4n) is 8.61. The first-order chi connectivity index (χ1) is 25.8. The molecule has 0 spiro atoms. The normalized spacial score (nSPS) is 11.8. The fraction of sp³-hybridized carbons (Fsp3) is 0. The summed E-state index contributed by atoms with van der Waals surface area (Å²) in [7, 11) is 0. The molecule has 52 heavy (non-hydrogen) atoms. The Balaban J connectivity index is 1.18. The van der Waals surface area contributed by atoms with Crippen LogP contribution in [-0.4, -0.2) is 14.5 Å². The van der Waals surface area contributed by atoms with Crippen molar-refractivity contribution in [1.29, 1.82) is 0 Å². The van der Waals surface area contributed by atoms with E-state index in [0.717, 1.165) is 11.3 Å². The zero-order chi connectivity index (χ0) is 34.2. The van der Waals surface area contributed by atoms with E-state index in [1.807, 2.05) is 6.07 Å². The van der Waals surface area contributed by atoms with Crippen molar-refractivity contribution in [3.63, 3.8) is 0 Å². The molecule has 0 unspecified atom stereocenters. The zero-order valence-electron chi connectivity index (χ0n) is 28.1. The van der Waals surface area contributed by atoms with E-state index in [1.54, 1.807) is 6.26 Å². The second kappa shape index (κ2) is 11.7. The average Bonchev–Trinajstić information content (AvgIpc) is 3.88. The van der Waals surface area contributed by atoms with Crippen LogP contribution in [-0.2, 0) is 0 Å². The molecule has 2 heterocycles. The van der Waals surface area contributed by atoms with Crippen molar-refractivity contribution in [3.8, 4) is 44.7 Å². The van der Waals surface area contributed by atoms with Crippen LogP contribution in [0, 0.1) is 0 Å². The molecule has 0 saturated heterocycles. The Morgan fingerprint density at radius 1 is 0.327 bits per heavy atom. The summed E-state index contributed by atoms with van der Waals surface area (Å²) < 4.78 is 8.93. The van der Waals surface area contributed by atoms with E-state index in [-0.39, 0.29) is 14.5 Å². The summed E-state index contributed by atoms with van der Waals surface area (Å²) in [5.41, 5.74) is 8.90. The van der Waals surface area contributed by atoms with E-state index < -0.39 is 0 Å². The second-order valence-electron chi connectivity index (χ2n) is 13.5. The summed E-state index contributed by atoms with van der Waals surface area (Å²) in [4.78, 5) is 0. The first-order valence-corrected chi connectivity index (χ1v) is 19.5. The third-order valence-electron chi connectivity index (χ3n) is 10.7. The molecule has 0 saturated carbocycles. The van der Waals surface area contributed by atoms with Crippen LogP contribution in [0.25, 0.3) is 107 Å². The summed E-state index contributed by atoms with van der Waals surface area (Å²) in [6, 6.07) is 64.6. The van der Waals surface area contributed by atoms with E-state index in [4.69, 9.17) is 4.42 Å². The van der Waals surface area contributed by atoms with Crippen molar-refractivity contribution < 1.29 is 4.42 Å². The number of hydrogen-bond acceptors (Lipinski definition) is 1. The first kappa shape index (κ1) is 29.5. The molecule has 2 aromatic heterocycles. The van der Waals surface area contributed by atoms with Gasteiger partial charge in [-0.3, -0.25) is 0 Å². The molecule has 0 fully saturated rings.